The fraction of sp³-hybridized carbons (Fsp3) is 0. The Kier molecular flexibility index (Phi) is 5.94. The lowest BCUT2D eigenvalue weighted by Crippen LogP contribution is -1.84. The van der Waals surface area contributed by atoms with Gasteiger partial charge < -0.3 is 10.2 Å². The molecule has 0 saturated heterocycles. The Morgan fingerprint density at radius 3 is 1.50 bits per heavy atom. The van der Waals surface area contributed by atoms with E-state index >= 15 is 0 Å². The van der Waals surface area contributed by atoms with E-state index in [1.54, 1.807) is 0 Å². The maximum atomic E-state index is 9.94. The van der Waals surface area contributed by atoms with E-state index in [9.17, 15) is 9.59 Å². The van der Waals surface area contributed by atoms with E-state index in [1.165, 1.54) is 0 Å². The summed E-state index contributed by atoms with van der Waals surface area (Å²) in [4.78, 5) is 19.9. The van der Waals surface area contributed by atoms with Crippen LogP contribution in [0.3, 0.4) is 0 Å². The Balaban J connectivity index is 4.03. The molecule has 14 heavy (non-hydrogen) atoms. The van der Waals surface area contributed by atoms with E-state index in [1.807, 2.05) is 0 Å². The summed E-state index contributed by atoms with van der Waals surface area (Å²) >= 11 is 0. The molecule has 0 aliphatic heterocycles. The third kappa shape index (κ3) is 9.54. The Hall–Kier alpha value is -2.46. The average molecular weight is 190 g/mol. The van der Waals surface area contributed by atoms with Crippen molar-refractivity contribution in [2.45, 2.75) is 0 Å². The zero-order valence-corrected chi connectivity index (χ0v) is 7.02. The van der Waals surface area contributed by atoms with Crippen molar-refractivity contribution in [1.29, 1.82) is 0 Å². The molecule has 0 aliphatic carbocycles. The van der Waals surface area contributed by atoms with Gasteiger partial charge in [-0.15, -0.1) is 0 Å². The highest BCUT2D eigenvalue weighted by Crippen LogP contribution is 1.70. The van der Waals surface area contributed by atoms with Crippen molar-refractivity contribution in [3.8, 4) is 23.7 Å². The maximum Gasteiger partial charge on any atom is 0.328 e. The Morgan fingerprint density at radius 2 is 1.21 bits per heavy atom. The first-order valence-electron chi connectivity index (χ1n) is 3.43. The van der Waals surface area contributed by atoms with Gasteiger partial charge in [-0.2, -0.15) is 0 Å². The SMILES string of the molecule is O=C(O)/C=C/C#CC#C/C=C/C(=O)O. The molecule has 0 aliphatic rings. The monoisotopic (exact) mass is 190 g/mol. The van der Waals surface area contributed by atoms with Gasteiger partial charge in [0, 0.05) is 12.2 Å². The van der Waals surface area contributed by atoms with Gasteiger partial charge in [-0.1, -0.05) is 11.8 Å². The summed E-state index contributed by atoms with van der Waals surface area (Å²) in [5.41, 5.74) is 0. The van der Waals surface area contributed by atoms with Crippen LogP contribution in [0.1, 0.15) is 0 Å². The van der Waals surface area contributed by atoms with E-state index in [-0.39, 0.29) is 0 Å². The lowest BCUT2D eigenvalue weighted by molar-refractivity contribution is -0.132. The maximum absolute atomic E-state index is 9.94. The molecular weight excluding hydrogens is 184 g/mol. The van der Waals surface area contributed by atoms with Gasteiger partial charge in [0.15, 0.2) is 0 Å². The normalized spacial score (nSPS) is 8.86. The topological polar surface area (TPSA) is 74.6 Å². The van der Waals surface area contributed by atoms with Crippen molar-refractivity contribution < 1.29 is 19.8 Å². The Bertz CT molecular complexity index is 353. The van der Waals surface area contributed by atoms with Crippen LogP contribution in [0.2, 0.25) is 0 Å². The van der Waals surface area contributed by atoms with Crippen LogP contribution in [0.15, 0.2) is 24.3 Å². The highest BCUT2D eigenvalue weighted by molar-refractivity contribution is 5.80. The quantitative estimate of drug-likeness (QED) is 0.484. The second-order valence-corrected chi connectivity index (χ2v) is 1.88. The van der Waals surface area contributed by atoms with Gasteiger partial charge in [-0.25, -0.2) is 9.59 Å². The first-order chi connectivity index (χ1) is 6.63. The molecule has 0 aromatic rings. The van der Waals surface area contributed by atoms with Crippen molar-refractivity contribution in [2.75, 3.05) is 0 Å². The average Bonchev–Trinajstić information content (AvgIpc) is 2.08. The van der Waals surface area contributed by atoms with Crippen LogP contribution < -0.4 is 0 Å². The van der Waals surface area contributed by atoms with Crippen molar-refractivity contribution in [2.24, 2.45) is 0 Å². The second kappa shape index (κ2) is 7.20. The predicted octanol–water partition coefficient (Wildman–Crippen LogP) is 0.275. The first kappa shape index (κ1) is 11.5. The van der Waals surface area contributed by atoms with Crippen molar-refractivity contribution in [3.05, 3.63) is 24.3 Å². The molecule has 0 amide bonds. The van der Waals surface area contributed by atoms with E-state index in [2.05, 4.69) is 23.7 Å². The minimum atomic E-state index is -1.09. The third-order valence-electron chi connectivity index (χ3n) is 0.825. The number of carboxylic acids is 2. The summed E-state index contributed by atoms with van der Waals surface area (Å²) in [7, 11) is 0. The molecule has 0 radical (unpaired) electrons. The molecule has 0 rings (SSSR count). The molecule has 0 spiro atoms. The van der Waals surface area contributed by atoms with Gasteiger partial charge in [-0.05, 0) is 24.0 Å². The molecule has 4 nitrogen and oxygen atoms in total. The number of carboxylic acid groups (broad SMARTS) is 2. The lowest BCUT2D eigenvalue weighted by Gasteiger charge is -1.70. The number of aliphatic carboxylic acids is 2. The molecule has 0 unspecified atom stereocenters. The Labute approximate surface area is 80.6 Å². The van der Waals surface area contributed by atoms with Crippen molar-refractivity contribution in [1.82, 2.24) is 0 Å². The van der Waals surface area contributed by atoms with Gasteiger partial charge in [-0.3, -0.25) is 0 Å². The van der Waals surface area contributed by atoms with Gasteiger partial charge in [0.2, 0.25) is 0 Å². The summed E-state index contributed by atoms with van der Waals surface area (Å²) in [5.74, 6) is 7.12. The van der Waals surface area contributed by atoms with Gasteiger partial charge in [0.1, 0.15) is 0 Å². The summed E-state index contributed by atoms with van der Waals surface area (Å²) in [6.07, 6.45) is 4.03. The molecule has 0 saturated carbocycles. The molecule has 0 fully saturated rings. The van der Waals surface area contributed by atoms with Crippen molar-refractivity contribution >= 4 is 11.9 Å². The van der Waals surface area contributed by atoms with Crippen LogP contribution in [0.4, 0.5) is 0 Å². The largest absolute Gasteiger partial charge is 0.478 e. The minimum absolute atomic E-state index is 0.877. The molecule has 2 N–H and O–H groups in total. The van der Waals surface area contributed by atoms with Crippen LogP contribution in [-0.4, -0.2) is 22.2 Å². The second-order valence-electron chi connectivity index (χ2n) is 1.88. The zero-order valence-electron chi connectivity index (χ0n) is 7.02. The molecular formula is C10H6O4. The summed E-state index contributed by atoms with van der Waals surface area (Å²) in [6, 6.07) is 0. The lowest BCUT2D eigenvalue weighted by atomic mass is 10.4. The van der Waals surface area contributed by atoms with Gasteiger partial charge in [0.05, 0.1) is 0 Å². The number of hydrogen-bond acceptors (Lipinski definition) is 2. The van der Waals surface area contributed by atoms with Crippen LogP contribution in [0.25, 0.3) is 0 Å². The number of allylic oxidation sites excluding steroid dienone is 2. The summed E-state index contributed by atoms with van der Waals surface area (Å²) < 4.78 is 0. The molecule has 0 aromatic heterocycles. The molecule has 0 heterocycles. The minimum Gasteiger partial charge on any atom is -0.478 e. The van der Waals surface area contributed by atoms with Crippen LogP contribution in [-0.2, 0) is 9.59 Å². The highest BCUT2D eigenvalue weighted by Gasteiger charge is 1.80. The highest BCUT2D eigenvalue weighted by atomic mass is 16.4. The molecule has 70 valence electrons. The molecule has 4 heteroatoms. The van der Waals surface area contributed by atoms with Gasteiger partial charge >= 0.3 is 11.9 Å². The standard InChI is InChI=1S/C10H6O4/c11-9(12)7-5-3-1-2-4-6-8-10(13)14/h5-8H,(H,11,12)(H,13,14)/b7-5+,8-6+. The van der Waals surface area contributed by atoms with E-state index in [4.69, 9.17) is 10.2 Å². The zero-order chi connectivity index (χ0) is 10.8. The van der Waals surface area contributed by atoms with Gasteiger partial charge in [0.25, 0.3) is 0 Å². The summed E-state index contributed by atoms with van der Waals surface area (Å²) in [5, 5.41) is 16.3. The fourth-order valence-corrected chi connectivity index (χ4v) is 0.381. The Morgan fingerprint density at radius 1 is 0.857 bits per heavy atom. The van der Waals surface area contributed by atoms with E-state index < -0.39 is 11.9 Å². The summed E-state index contributed by atoms with van der Waals surface area (Å²) in [6.45, 7) is 0. The predicted molar refractivity (Wildman–Crippen MR) is 49.1 cm³/mol. The van der Waals surface area contributed by atoms with Crippen LogP contribution >= 0.6 is 0 Å². The van der Waals surface area contributed by atoms with Crippen LogP contribution in [0.5, 0.6) is 0 Å². The van der Waals surface area contributed by atoms with E-state index in [0.29, 0.717) is 0 Å². The first-order valence-corrected chi connectivity index (χ1v) is 3.43. The van der Waals surface area contributed by atoms with Crippen LogP contribution in [0, 0.1) is 23.7 Å². The van der Waals surface area contributed by atoms with E-state index in [0.717, 1.165) is 24.3 Å². The molecule has 0 aromatic carbocycles. The smallest absolute Gasteiger partial charge is 0.328 e. The number of rotatable bonds is 2. The number of carbonyl (C=O) groups is 2. The van der Waals surface area contributed by atoms with Crippen molar-refractivity contribution in [3.63, 3.8) is 0 Å². The number of hydrogen-bond donors (Lipinski definition) is 2. The third-order valence-corrected chi connectivity index (χ3v) is 0.825. The molecule has 0 atom stereocenters. The fourth-order valence-electron chi connectivity index (χ4n) is 0.381. The molecule has 0 bridgehead atoms.